The smallest absolute Gasteiger partial charge is 0.239 e. The molecule has 2 rings (SSSR count). The number of amides is 1. The van der Waals surface area contributed by atoms with Crippen molar-refractivity contribution in [3.63, 3.8) is 0 Å². The molecule has 0 unspecified atom stereocenters. The molecule has 1 saturated carbocycles. The van der Waals surface area contributed by atoms with Crippen LogP contribution in [-0.2, 0) is 16.1 Å². The van der Waals surface area contributed by atoms with Gasteiger partial charge in [0.15, 0.2) is 5.82 Å². The van der Waals surface area contributed by atoms with E-state index in [1.807, 2.05) is 6.20 Å². The van der Waals surface area contributed by atoms with E-state index in [1.54, 1.807) is 17.9 Å². The number of anilines is 1. The van der Waals surface area contributed by atoms with Crippen LogP contribution in [0, 0.1) is 5.92 Å². The van der Waals surface area contributed by atoms with Crippen LogP contribution in [0.3, 0.4) is 0 Å². The van der Waals surface area contributed by atoms with E-state index >= 15 is 0 Å². The molecule has 6 nitrogen and oxygen atoms in total. The summed E-state index contributed by atoms with van der Waals surface area (Å²) in [6, 6.07) is 1.79. The second-order valence-corrected chi connectivity index (χ2v) is 4.58. The van der Waals surface area contributed by atoms with Gasteiger partial charge >= 0.3 is 0 Å². The summed E-state index contributed by atoms with van der Waals surface area (Å²) in [4.78, 5) is 11.6. The van der Waals surface area contributed by atoms with Gasteiger partial charge in [-0.2, -0.15) is 5.10 Å². The minimum Gasteiger partial charge on any atom is -0.383 e. The van der Waals surface area contributed by atoms with Crippen molar-refractivity contribution in [2.45, 2.75) is 19.4 Å². The van der Waals surface area contributed by atoms with E-state index in [0.717, 1.165) is 12.5 Å². The lowest BCUT2D eigenvalue weighted by atomic mass is 10.4. The molecule has 1 fully saturated rings. The lowest BCUT2D eigenvalue weighted by molar-refractivity contribution is -0.115. The van der Waals surface area contributed by atoms with E-state index in [9.17, 15) is 4.79 Å². The number of rotatable bonds is 8. The van der Waals surface area contributed by atoms with Crippen LogP contribution in [-0.4, -0.2) is 42.5 Å². The Hall–Kier alpha value is -1.40. The molecule has 0 saturated heterocycles. The molecule has 1 aliphatic rings. The first-order valence-corrected chi connectivity index (χ1v) is 6.31. The van der Waals surface area contributed by atoms with Crippen molar-refractivity contribution in [3.8, 4) is 0 Å². The third kappa shape index (κ3) is 4.46. The number of methoxy groups -OCH3 is 1. The molecule has 18 heavy (non-hydrogen) atoms. The van der Waals surface area contributed by atoms with E-state index in [1.165, 1.54) is 12.8 Å². The third-order valence-corrected chi connectivity index (χ3v) is 2.85. The number of hydrogen-bond acceptors (Lipinski definition) is 4. The molecule has 1 aromatic rings. The summed E-state index contributed by atoms with van der Waals surface area (Å²) < 4.78 is 6.71. The minimum absolute atomic E-state index is 0.0485. The predicted octanol–water partition coefficient (Wildman–Crippen LogP) is 0.468. The Bertz CT molecular complexity index is 387. The highest BCUT2D eigenvalue weighted by atomic mass is 16.5. The van der Waals surface area contributed by atoms with E-state index in [4.69, 9.17) is 4.74 Å². The van der Waals surface area contributed by atoms with Crippen LogP contribution in [0.15, 0.2) is 12.3 Å². The van der Waals surface area contributed by atoms with Gasteiger partial charge in [0.1, 0.15) is 0 Å². The standard InChI is InChI=1S/C12H20N4O2/c1-18-7-6-16-5-4-11(15-16)14-12(17)9-13-8-10-2-3-10/h4-5,10,13H,2-3,6-9H2,1H3,(H,14,15,17). The molecule has 0 atom stereocenters. The molecule has 1 aromatic heterocycles. The summed E-state index contributed by atoms with van der Waals surface area (Å²) in [5.41, 5.74) is 0. The fourth-order valence-electron chi connectivity index (χ4n) is 1.64. The first kappa shape index (κ1) is 13.0. The average Bonchev–Trinajstić information content (AvgIpc) is 3.06. The number of carbonyl (C=O) groups excluding carboxylic acids is 1. The molecule has 0 aliphatic heterocycles. The number of aromatic nitrogens is 2. The molecular formula is C12H20N4O2. The molecular weight excluding hydrogens is 232 g/mol. The second kappa shape index (κ2) is 6.51. The average molecular weight is 252 g/mol. The lowest BCUT2D eigenvalue weighted by Crippen LogP contribution is -2.29. The minimum atomic E-state index is -0.0485. The molecule has 0 aromatic carbocycles. The van der Waals surface area contributed by atoms with E-state index in [-0.39, 0.29) is 5.91 Å². The summed E-state index contributed by atoms with van der Waals surface area (Å²) in [7, 11) is 1.65. The van der Waals surface area contributed by atoms with Crippen molar-refractivity contribution in [3.05, 3.63) is 12.3 Å². The Morgan fingerprint density at radius 1 is 1.61 bits per heavy atom. The highest BCUT2D eigenvalue weighted by molar-refractivity contribution is 5.91. The van der Waals surface area contributed by atoms with Crippen LogP contribution < -0.4 is 10.6 Å². The maximum absolute atomic E-state index is 11.6. The maximum atomic E-state index is 11.6. The largest absolute Gasteiger partial charge is 0.383 e. The van der Waals surface area contributed by atoms with E-state index < -0.39 is 0 Å². The van der Waals surface area contributed by atoms with Crippen molar-refractivity contribution in [1.82, 2.24) is 15.1 Å². The molecule has 6 heteroatoms. The summed E-state index contributed by atoms with van der Waals surface area (Å²) >= 11 is 0. The van der Waals surface area contributed by atoms with Gasteiger partial charge in [-0.3, -0.25) is 9.48 Å². The van der Waals surface area contributed by atoms with Crippen LogP contribution in [0.25, 0.3) is 0 Å². The SMILES string of the molecule is COCCn1ccc(NC(=O)CNCC2CC2)n1. The van der Waals surface area contributed by atoms with Gasteiger partial charge in [-0.25, -0.2) is 0 Å². The molecule has 0 bridgehead atoms. The fourth-order valence-corrected chi connectivity index (χ4v) is 1.64. The van der Waals surface area contributed by atoms with Gasteiger partial charge in [0.05, 0.1) is 19.7 Å². The molecule has 0 spiro atoms. The molecule has 1 amide bonds. The molecule has 1 heterocycles. The van der Waals surface area contributed by atoms with Gasteiger partial charge < -0.3 is 15.4 Å². The number of hydrogen-bond donors (Lipinski definition) is 2. The Morgan fingerprint density at radius 3 is 3.17 bits per heavy atom. The van der Waals surface area contributed by atoms with Gasteiger partial charge in [-0.1, -0.05) is 0 Å². The number of carbonyl (C=O) groups is 1. The van der Waals surface area contributed by atoms with E-state index in [2.05, 4.69) is 15.7 Å². The maximum Gasteiger partial charge on any atom is 0.239 e. The van der Waals surface area contributed by atoms with Crippen LogP contribution in [0.4, 0.5) is 5.82 Å². The van der Waals surface area contributed by atoms with Gasteiger partial charge in [0, 0.05) is 19.4 Å². The van der Waals surface area contributed by atoms with E-state index in [0.29, 0.717) is 25.5 Å². The normalized spacial score (nSPS) is 14.7. The first-order chi connectivity index (χ1) is 8.78. The number of ether oxygens (including phenoxy) is 1. The zero-order chi connectivity index (χ0) is 12.8. The molecule has 1 aliphatic carbocycles. The van der Waals surface area contributed by atoms with Crippen LogP contribution >= 0.6 is 0 Å². The molecule has 100 valence electrons. The van der Waals surface area contributed by atoms with Gasteiger partial charge in [0.2, 0.25) is 5.91 Å². The monoisotopic (exact) mass is 252 g/mol. The van der Waals surface area contributed by atoms with Crippen LogP contribution in [0.1, 0.15) is 12.8 Å². The zero-order valence-corrected chi connectivity index (χ0v) is 10.7. The Labute approximate surface area is 107 Å². The van der Waals surface area contributed by atoms with Crippen LogP contribution in [0.2, 0.25) is 0 Å². The summed E-state index contributed by atoms with van der Waals surface area (Å²) in [6.07, 6.45) is 4.41. The van der Waals surface area contributed by atoms with Crippen molar-refractivity contribution in [2.24, 2.45) is 5.92 Å². The Morgan fingerprint density at radius 2 is 2.44 bits per heavy atom. The highest BCUT2D eigenvalue weighted by Crippen LogP contribution is 2.27. The number of nitrogens with one attached hydrogen (secondary N) is 2. The van der Waals surface area contributed by atoms with Crippen LogP contribution in [0.5, 0.6) is 0 Å². The van der Waals surface area contributed by atoms with Gasteiger partial charge in [-0.05, 0) is 25.3 Å². The topological polar surface area (TPSA) is 68.2 Å². The lowest BCUT2D eigenvalue weighted by Gasteiger charge is -2.03. The van der Waals surface area contributed by atoms with Crippen molar-refractivity contribution < 1.29 is 9.53 Å². The summed E-state index contributed by atoms with van der Waals surface area (Å²) in [5, 5.41) is 10.1. The van der Waals surface area contributed by atoms with Crippen molar-refractivity contribution >= 4 is 11.7 Å². The second-order valence-electron chi connectivity index (χ2n) is 4.58. The summed E-state index contributed by atoms with van der Waals surface area (Å²) in [5.74, 6) is 1.32. The Balaban J connectivity index is 1.66. The fraction of sp³-hybridized carbons (Fsp3) is 0.667. The van der Waals surface area contributed by atoms with Gasteiger partial charge in [0.25, 0.3) is 0 Å². The zero-order valence-electron chi connectivity index (χ0n) is 10.7. The summed E-state index contributed by atoms with van der Waals surface area (Å²) in [6.45, 7) is 2.58. The molecule has 2 N–H and O–H groups in total. The number of nitrogens with zero attached hydrogens (tertiary/aromatic N) is 2. The third-order valence-electron chi connectivity index (χ3n) is 2.85. The highest BCUT2D eigenvalue weighted by Gasteiger charge is 2.20. The Kier molecular flexibility index (Phi) is 4.72. The van der Waals surface area contributed by atoms with Crippen molar-refractivity contribution in [1.29, 1.82) is 0 Å². The molecule has 0 radical (unpaired) electrons. The quantitative estimate of drug-likeness (QED) is 0.705. The predicted molar refractivity (Wildman–Crippen MR) is 68.3 cm³/mol. The van der Waals surface area contributed by atoms with Crippen molar-refractivity contribution in [2.75, 3.05) is 32.1 Å². The first-order valence-electron chi connectivity index (χ1n) is 6.31. The van der Waals surface area contributed by atoms with Gasteiger partial charge in [-0.15, -0.1) is 0 Å².